The molecule has 0 aliphatic rings. The van der Waals surface area contributed by atoms with Crippen LogP contribution in [0, 0.1) is 5.92 Å². The van der Waals surface area contributed by atoms with Gasteiger partial charge in [-0.25, -0.2) is 0 Å². The highest BCUT2D eigenvalue weighted by atomic mass is 16.4. The van der Waals surface area contributed by atoms with Gasteiger partial charge in [-0.15, -0.1) is 0 Å². The topological polar surface area (TPSA) is 37.3 Å². The molecule has 0 aromatic heterocycles. The summed E-state index contributed by atoms with van der Waals surface area (Å²) in [5.74, 6) is -0.680. The number of hydrogen-bond acceptors (Lipinski definition) is 1. The zero-order chi connectivity index (χ0) is 17.9. The molecule has 0 aliphatic carbocycles. The summed E-state index contributed by atoms with van der Waals surface area (Å²) in [4.78, 5) is 11.2. The molecule has 0 aromatic rings. The Labute approximate surface area is 151 Å². The lowest BCUT2D eigenvalue weighted by Crippen LogP contribution is -2.13. The van der Waals surface area contributed by atoms with Crippen molar-refractivity contribution in [3.05, 3.63) is 0 Å². The standard InChI is InChI=1S/C22H44O2/c1-3-5-7-8-9-10-11-12-13-14-15-16-17-18-20-21(22(23)24)19-6-4-2/h21H,3-20H2,1-2H3,(H,23,24). The summed E-state index contributed by atoms with van der Waals surface area (Å²) in [6, 6.07) is 0. The van der Waals surface area contributed by atoms with Crippen LogP contribution in [-0.4, -0.2) is 11.1 Å². The van der Waals surface area contributed by atoms with Gasteiger partial charge < -0.3 is 5.11 Å². The highest BCUT2D eigenvalue weighted by molar-refractivity contribution is 5.69. The molecular weight excluding hydrogens is 296 g/mol. The van der Waals surface area contributed by atoms with Crippen LogP contribution in [0.3, 0.4) is 0 Å². The molecule has 0 saturated carbocycles. The highest BCUT2D eigenvalue weighted by Crippen LogP contribution is 2.18. The fraction of sp³-hybridized carbons (Fsp3) is 0.955. The predicted molar refractivity (Wildman–Crippen MR) is 106 cm³/mol. The largest absolute Gasteiger partial charge is 0.481 e. The minimum absolute atomic E-state index is 0.0951. The maximum Gasteiger partial charge on any atom is 0.306 e. The van der Waals surface area contributed by atoms with Gasteiger partial charge in [0.1, 0.15) is 0 Å². The Hall–Kier alpha value is -0.530. The fourth-order valence-corrected chi connectivity index (χ4v) is 3.43. The van der Waals surface area contributed by atoms with Crippen molar-refractivity contribution in [2.24, 2.45) is 5.92 Å². The second kappa shape index (κ2) is 18.8. The number of carbonyl (C=O) groups is 1. The monoisotopic (exact) mass is 340 g/mol. The Morgan fingerprint density at radius 3 is 1.29 bits per heavy atom. The molecule has 0 aliphatic heterocycles. The van der Waals surface area contributed by atoms with E-state index in [9.17, 15) is 9.90 Å². The second-order valence-electron chi connectivity index (χ2n) is 7.56. The van der Waals surface area contributed by atoms with E-state index in [2.05, 4.69) is 13.8 Å². The van der Waals surface area contributed by atoms with Crippen molar-refractivity contribution in [1.29, 1.82) is 0 Å². The molecule has 2 nitrogen and oxygen atoms in total. The average Bonchev–Trinajstić information content (AvgIpc) is 2.57. The Morgan fingerprint density at radius 2 is 0.917 bits per heavy atom. The van der Waals surface area contributed by atoms with Gasteiger partial charge in [-0.3, -0.25) is 4.79 Å². The van der Waals surface area contributed by atoms with E-state index in [1.165, 1.54) is 83.5 Å². The van der Waals surface area contributed by atoms with Gasteiger partial charge in [0.25, 0.3) is 0 Å². The van der Waals surface area contributed by atoms with Crippen molar-refractivity contribution in [2.45, 2.75) is 129 Å². The first-order valence-electron chi connectivity index (χ1n) is 10.9. The lowest BCUT2D eigenvalue weighted by atomic mass is 9.95. The predicted octanol–water partition coefficient (Wildman–Crippen LogP) is 7.75. The molecule has 0 bridgehead atoms. The molecule has 0 radical (unpaired) electrons. The van der Waals surface area contributed by atoms with Crippen molar-refractivity contribution in [3.8, 4) is 0 Å². The first kappa shape index (κ1) is 23.5. The Morgan fingerprint density at radius 1 is 0.583 bits per heavy atom. The zero-order valence-corrected chi connectivity index (χ0v) is 16.7. The smallest absolute Gasteiger partial charge is 0.306 e. The SMILES string of the molecule is CCCCCCCCCCCCCCCCC(CCCC)C(=O)O. The number of rotatable bonds is 19. The third-order valence-electron chi connectivity index (χ3n) is 5.16. The Balaban J connectivity index is 3.25. The van der Waals surface area contributed by atoms with Crippen LogP contribution in [-0.2, 0) is 4.79 Å². The van der Waals surface area contributed by atoms with E-state index in [1.54, 1.807) is 0 Å². The summed E-state index contributed by atoms with van der Waals surface area (Å²) in [6.07, 6.45) is 22.9. The minimum Gasteiger partial charge on any atom is -0.481 e. The number of hydrogen-bond donors (Lipinski definition) is 1. The van der Waals surface area contributed by atoms with Gasteiger partial charge in [0, 0.05) is 0 Å². The molecule has 1 N–H and O–H groups in total. The van der Waals surface area contributed by atoms with Crippen LogP contribution in [0.15, 0.2) is 0 Å². The second-order valence-corrected chi connectivity index (χ2v) is 7.56. The molecular formula is C22H44O2. The van der Waals surface area contributed by atoms with E-state index in [1.807, 2.05) is 0 Å². The molecule has 0 fully saturated rings. The van der Waals surface area contributed by atoms with E-state index in [-0.39, 0.29) is 5.92 Å². The lowest BCUT2D eigenvalue weighted by molar-refractivity contribution is -0.142. The summed E-state index contributed by atoms with van der Waals surface area (Å²) in [6.45, 7) is 4.41. The van der Waals surface area contributed by atoms with Crippen LogP contribution in [0.1, 0.15) is 129 Å². The van der Waals surface area contributed by atoms with E-state index < -0.39 is 5.97 Å². The van der Waals surface area contributed by atoms with Crippen molar-refractivity contribution < 1.29 is 9.90 Å². The maximum atomic E-state index is 11.2. The summed E-state index contributed by atoms with van der Waals surface area (Å²) < 4.78 is 0. The van der Waals surface area contributed by atoms with Gasteiger partial charge in [-0.2, -0.15) is 0 Å². The Bertz CT molecular complexity index is 263. The molecule has 0 rings (SSSR count). The van der Waals surface area contributed by atoms with Gasteiger partial charge >= 0.3 is 5.97 Å². The van der Waals surface area contributed by atoms with Crippen LogP contribution in [0.25, 0.3) is 0 Å². The first-order valence-corrected chi connectivity index (χ1v) is 10.9. The van der Waals surface area contributed by atoms with Crippen LogP contribution in [0.5, 0.6) is 0 Å². The molecule has 1 atom stereocenters. The molecule has 24 heavy (non-hydrogen) atoms. The third-order valence-corrected chi connectivity index (χ3v) is 5.16. The molecule has 2 heteroatoms. The third kappa shape index (κ3) is 16.3. The summed E-state index contributed by atoms with van der Waals surface area (Å²) in [5.41, 5.74) is 0. The molecule has 0 spiro atoms. The Kier molecular flexibility index (Phi) is 18.4. The quantitative estimate of drug-likeness (QED) is 0.244. The van der Waals surface area contributed by atoms with Gasteiger partial charge in [0.2, 0.25) is 0 Å². The highest BCUT2D eigenvalue weighted by Gasteiger charge is 2.15. The zero-order valence-electron chi connectivity index (χ0n) is 16.7. The molecule has 0 heterocycles. The molecule has 0 saturated heterocycles. The van der Waals surface area contributed by atoms with Gasteiger partial charge in [-0.05, 0) is 12.8 Å². The average molecular weight is 341 g/mol. The van der Waals surface area contributed by atoms with Crippen LogP contribution in [0.2, 0.25) is 0 Å². The van der Waals surface area contributed by atoms with E-state index >= 15 is 0 Å². The summed E-state index contributed by atoms with van der Waals surface area (Å²) >= 11 is 0. The normalized spacial score (nSPS) is 12.4. The number of unbranched alkanes of at least 4 members (excludes halogenated alkanes) is 14. The van der Waals surface area contributed by atoms with E-state index in [0.29, 0.717) is 0 Å². The summed E-state index contributed by atoms with van der Waals surface area (Å²) in [5, 5.41) is 9.20. The minimum atomic E-state index is -0.585. The van der Waals surface area contributed by atoms with Crippen LogP contribution < -0.4 is 0 Å². The number of carboxylic acids is 1. The molecule has 0 aromatic carbocycles. The summed E-state index contributed by atoms with van der Waals surface area (Å²) in [7, 11) is 0. The van der Waals surface area contributed by atoms with Crippen molar-refractivity contribution in [2.75, 3.05) is 0 Å². The van der Waals surface area contributed by atoms with Gasteiger partial charge in [0.15, 0.2) is 0 Å². The lowest BCUT2D eigenvalue weighted by Gasteiger charge is -2.11. The fourth-order valence-electron chi connectivity index (χ4n) is 3.43. The van der Waals surface area contributed by atoms with E-state index in [4.69, 9.17) is 0 Å². The van der Waals surface area contributed by atoms with Gasteiger partial charge in [-0.1, -0.05) is 117 Å². The van der Waals surface area contributed by atoms with E-state index in [0.717, 1.165) is 32.1 Å². The first-order chi connectivity index (χ1) is 11.7. The van der Waals surface area contributed by atoms with Crippen LogP contribution >= 0.6 is 0 Å². The van der Waals surface area contributed by atoms with Crippen molar-refractivity contribution in [3.63, 3.8) is 0 Å². The number of carboxylic acid groups (broad SMARTS) is 1. The molecule has 144 valence electrons. The number of aliphatic carboxylic acids is 1. The maximum absolute atomic E-state index is 11.2. The van der Waals surface area contributed by atoms with Crippen LogP contribution in [0.4, 0.5) is 0 Å². The van der Waals surface area contributed by atoms with Crippen molar-refractivity contribution >= 4 is 5.97 Å². The van der Waals surface area contributed by atoms with Gasteiger partial charge in [0.05, 0.1) is 5.92 Å². The molecule has 1 unspecified atom stereocenters. The molecule has 0 amide bonds. The van der Waals surface area contributed by atoms with Crippen molar-refractivity contribution in [1.82, 2.24) is 0 Å².